The van der Waals surface area contributed by atoms with Crippen LogP contribution >= 0.6 is 23.4 Å². The smallest absolute Gasteiger partial charge is 0.336 e. The molecule has 34 heavy (non-hydrogen) atoms. The first kappa shape index (κ1) is 22.2. The Morgan fingerprint density at radius 3 is 2.68 bits per heavy atom. The largest absolute Gasteiger partial charge is 0.497 e. The second kappa shape index (κ2) is 8.96. The summed E-state index contributed by atoms with van der Waals surface area (Å²) in [6, 6.07) is 17.7. The average Bonchev–Trinajstić information content (AvgIpc) is 2.84. The van der Waals surface area contributed by atoms with E-state index in [1.165, 1.54) is 47.7 Å². The zero-order chi connectivity index (χ0) is 23.8. The fourth-order valence-electron chi connectivity index (χ4n) is 3.66. The molecular formula is C25H16ClFN2O4S. The quantitative estimate of drug-likeness (QED) is 0.180. The number of hydrogen-bond donors (Lipinski definition) is 0. The minimum absolute atomic E-state index is 0.103. The molecule has 0 saturated carbocycles. The Kier molecular flexibility index (Phi) is 5.85. The standard InChI is InChI=1S/C25H16ClFN2O4S/c1-32-16-7-8-17-14(10-23(30)33-22(17)12-16)13-34-25-28-21-5-3-2-4-18(21)24(31)29(25)15-6-9-20(27)19(26)11-15/h2-12H,13H2,1H3. The van der Waals surface area contributed by atoms with Crippen LogP contribution < -0.4 is 15.9 Å². The normalized spacial score (nSPS) is 11.3. The highest BCUT2D eigenvalue weighted by Gasteiger charge is 2.16. The molecule has 2 heterocycles. The molecule has 0 fully saturated rings. The molecule has 5 rings (SSSR count). The summed E-state index contributed by atoms with van der Waals surface area (Å²) in [6.45, 7) is 0. The van der Waals surface area contributed by atoms with E-state index in [1.807, 2.05) is 6.07 Å². The van der Waals surface area contributed by atoms with Crippen LogP contribution in [0, 0.1) is 5.82 Å². The number of halogens is 2. The van der Waals surface area contributed by atoms with Crippen LogP contribution in [0.2, 0.25) is 5.02 Å². The van der Waals surface area contributed by atoms with Gasteiger partial charge < -0.3 is 9.15 Å². The number of aromatic nitrogens is 2. The summed E-state index contributed by atoms with van der Waals surface area (Å²) in [5, 5.41) is 1.44. The van der Waals surface area contributed by atoms with Crippen molar-refractivity contribution in [3.8, 4) is 11.4 Å². The Morgan fingerprint density at radius 1 is 1.06 bits per heavy atom. The van der Waals surface area contributed by atoms with E-state index in [4.69, 9.17) is 20.8 Å². The first-order valence-corrected chi connectivity index (χ1v) is 11.5. The minimum Gasteiger partial charge on any atom is -0.497 e. The molecule has 6 nitrogen and oxygen atoms in total. The van der Waals surface area contributed by atoms with Gasteiger partial charge in [0, 0.05) is 23.3 Å². The molecule has 0 N–H and O–H groups in total. The van der Waals surface area contributed by atoms with E-state index in [0.717, 1.165) is 5.39 Å². The SMILES string of the molecule is COc1ccc2c(CSc3nc4ccccc4c(=O)n3-c3ccc(F)c(Cl)c3)cc(=O)oc2c1. The molecule has 0 radical (unpaired) electrons. The molecule has 3 aromatic carbocycles. The number of methoxy groups -OCH3 is 1. The third-order valence-corrected chi connectivity index (χ3v) is 6.58. The predicted octanol–water partition coefficient (Wildman–Crippen LogP) is 5.59. The number of nitrogens with zero attached hydrogens (tertiary/aromatic N) is 2. The molecule has 170 valence electrons. The van der Waals surface area contributed by atoms with Gasteiger partial charge in [-0.3, -0.25) is 9.36 Å². The first-order chi connectivity index (χ1) is 16.4. The number of rotatable bonds is 5. The number of thioether (sulfide) groups is 1. The van der Waals surface area contributed by atoms with Gasteiger partial charge in [0.2, 0.25) is 0 Å². The van der Waals surface area contributed by atoms with Crippen molar-refractivity contribution in [3.05, 3.63) is 104 Å². The third kappa shape index (κ3) is 4.06. The van der Waals surface area contributed by atoms with Gasteiger partial charge in [-0.15, -0.1) is 0 Å². The molecule has 5 aromatic rings. The predicted molar refractivity (Wildman–Crippen MR) is 131 cm³/mol. The Morgan fingerprint density at radius 2 is 1.88 bits per heavy atom. The molecule has 0 spiro atoms. The van der Waals surface area contributed by atoms with Crippen molar-refractivity contribution in [2.45, 2.75) is 10.9 Å². The van der Waals surface area contributed by atoms with E-state index < -0.39 is 11.4 Å². The van der Waals surface area contributed by atoms with Gasteiger partial charge in [0.1, 0.15) is 17.1 Å². The summed E-state index contributed by atoms with van der Waals surface area (Å²) in [5.41, 5.74) is 1.23. The van der Waals surface area contributed by atoms with Gasteiger partial charge in [0.25, 0.3) is 5.56 Å². The molecular weight excluding hydrogens is 479 g/mol. The lowest BCUT2D eigenvalue weighted by Gasteiger charge is -2.14. The van der Waals surface area contributed by atoms with Crippen LogP contribution in [0.4, 0.5) is 4.39 Å². The average molecular weight is 495 g/mol. The monoisotopic (exact) mass is 494 g/mol. The van der Waals surface area contributed by atoms with Crippen LogP contribution in [0.1, 0.15) is 5.56 Å². The molecule has 9 heteroatoms. The lowest BCUT2D eigenvalue weighted by Crippen LogP contribution is -2.21. The van der Waals surface area contributed by atoms with Gasteiger partial charge in [-0.2, -0.15) is 0 Å². The van der Waals surface area contributed by atoms with E-state index in [2.05, 4.69) is 4.98 Å². The minimum atomic E-state index is -0.584. The Bertz CT molecular complexity index is 1680. The highest BCUT2D eigenvalue weighted by molar-refractivity contribution is 7.98. The second-order valence-electron chi connectivity index (χ2n) is 7.39. The fourth-order valence-corrected chi connectivity index (χ4v) is 4.84. The summed E-state index contributed by atoms with van der Waals surface area (Å²) in [4.78, 5) is 30.2. The molecule has 0 aliphatic rings. The number of fused-ring (bicyclic) bond motifs is 2. The topological polar surface area (TPSA) is 74.3 Å². The second-order valence-corrected chi connectivity index (χ2v) is 8.74. The van der Waals surface area contributed by atoms with Crippen molar-refractivity contribution in [3.63, 3.8) is 0 Å². The van der Waals surface area contributed by atoms with Crippen molar-refractivity contribution < 1.29 is 13.5 Å². The van der Waals surface area contributed by atoms with E-state index in [0.29, 0.717) is 44.4 Å². The van der Waals surface area contributed by atoms with Crippen molar-refractivity contribution >= 4 is 45.2 Å². The number of ether oxygens (including phenoxy) is 1. The first-order valence-electron chi connectivity index (χ1n) is 10.2. The molecule has 0 aliphatic heterocycles. The molecule has 2 aromatic heterocycles. The molecule has 0 saturated heterocycles. The lowest BCUT2D eigenvalue weighted by atomic mass is 10.1. The van der Waals surface area contributed by atoms with Gasteiger partial charge in [0.15, 0.2) is 5.16 Å². The van der Waals surface area contributed by atoms with E-state index in [1.54, 1.807) is 36.4 Å². The van der Waals surface area contributed by atoms with Crippen LogP contribution in [0.15, 0.2) is 85.9 Å². The number of para-hydroxylation sites is 1. The molecule has 0 bridgehead atoms. The zero-order valence-corrected chi connectivity index (χ0v) is 19.3. The Balaban J connectivity index is 1.64. The van der Waals surface area contributed by atoms with E-state index in [9.17, 15) is 14.0 Å². The van der Waals surface area contributed by atoms with Gasteiger partial charge in [-0.25, -0.2) is 14.2 Å². The third-order valence-electron chi connectivity index (χ3n) is 5.30. The van der Waals surface area contributed by atoms with Crippen LogP contribution in [-0.2, 0) is 5.75 Å². The number of benzene rings is 3. The van der Waals surface area contributed by atoms with Gasteiger partial charge in [-0.05, 0) is 48.0 Å². The van der Waals surface area contributed by atoms with E-state index in [-0.39, 0.29) is 10.6 Å². The summed E-state index contributed by atoms with van der Waals surface area (Å²) in [5.74, 6) is 0.312. The maximum Gasteiger partial charge on any atom is 0.336 e. The van der Waals surface area contributed by atoms with Crippen LogP contribution in [0.5, 0.6) is 5.75 Å². The summed E-state index contributed by atoms with van der Waals surface area (Å²) in [6.07, 6.45) is 0. The number of hydrogen-bond acceptors (Lipinski definition) is 6. The maximum absolute atomic E-state index is 13.8. The highest BCUT2D eigenvalue weighted by atomic mass is 35.5. The molecule has 0 aliphatic carbocycles. The van der Waals surface area contributed by atoms with Gasteiger partial charge in [-0.1, -0.05) is 35.5 Å². The van der Waals surface area contributed by atoms with Gasteiger partial charge in [0.05, 0.1) is 28.7 Å². The Labute approximate surface area is 201 Å². The van der Waals surface area contributed by atoms with Crippen LogP contribution in [0.25, 0.3) is 27.6 Å². The van der Waals surface area contributed by atoms with Crippen LogP contribution in [-0.4, -0.2) is 16.7 Å². The van der Waals surface area contributed by atoms with Crippen molar-refractivity contribution in [2.24, 2.45) is 0 Å². The summed E-state index contributed by atoms with van der Waals surface area (Å²) < 4.78 is 25.7. The maximum atomic E-state index is 13.8. The molecule has 0 unspecified atom stereocenters. The summed E-state index contributed by atoms with van der Waals surface area (Å²) >= 11 is 7.26. The van der Waals surface area contributed by atoms with Crippen LogP contribution in [0.3, 0.4) is 0 Å². The van der Waals surface area contributed by atoms with Gasteiger partial charge >= 0.3 is 5.63 Å². The van der Waals surface area contributed by atoms with E-state index >= 15 is 0 Å². The summed E-state index contributed by atoms with van der Waals surface area (Å²) in [7, 11) is 1.53. The van der Waals surface area contributed by atoms with Crippen molar-refractivity contribution in [1.29, 1.82) is 0 Å². The Hall–Kier alpha value is -3.62. The molecule has 0 atom stereocenters. The zero-order valence-electron chi connectivity index (χ0n) is 17.7. The lowest BCUT2D eigenvalue weighted by molar-refractivity contribution is 0.414. The fraction of sp³-hybridized carbons (Fsp3) is 0.0800. The molecule has 0 amide bonds. The van der Waals surface area contributed by atoms with Crippen molar-refractivity contribution in [2.75, 3.05) is 7.11 Å². The highest BCUT2D eigenvalue weighted by Crippen LogP contribution is 2.30. The van der Waals surface area contributed by atoms with Crippen molar-refractivity contribution in [1.82, 2.24) is 9.55 Å².